The highest BCUT2D eigenvalue weighted by molar-refractivity contribution is 5.81. The number of hydrogen-bond donors (Lipinski definition) is 0. The van der Waals surface area contributed by atoms with E-state index in [1.54, 1.807) is 4.57 Å². The van der Waals surface area contributed by atoms with Gasteiger partial charge < -0.3 is 0 Å². The first-order valence-electron chi connectivity index (χ1n) is 7.86. The van der Waals surface area contributed by atoms with Crippen molar-refractivity contribution < 1.29 is 4.79 Å². The Kier molecular flexibility index (Phi) is 5.37. The molecule has 0 saturated carbocycles. The average Bonchev–Trinajstić information content (AvgIpc) is 2.90. The van der Waals surface area contributed by atoms with Crippen LogP contribution in [0.5, 0.6) is 0 Å². The lowest BCUT2D eigenvalue weighted by Gasteiger charge is -2.36. The minimum atomic E-state index is 0.161. The lowest BCUT2D eigenvalue weighted by Crippen LogP contribution is -2.51. The van der Waals surface area contributed by atoms with Crippen LogP contribution in [0.15, 0.2) is 12.3 Å². The summed E-state index contributed by atoms with van der Waals surface area (Å²) in [5.74, 6) is 0.161. The van der Waals surface area contributed by atoms with Gasteiger partial charge in [-0.3, -0.25) is 19.2 Å². The first-order valence-corrected chi connectivity index (χ1v) is 7.86. The van der Waals surface area contributed by atoms with Gasteiger partial charge in [-0.15, -0.1) is 0 Å². The first kappa shape index (κ1) is 16.0. The molecule has 1 fully saturated rings. The molecular formula is C17H27N3O. The quantitative estimate of drug-likeness (QED) is 0.822. The van der Waals surface area contributed by atoms with Crippen LogP contribution in [0.3, 0.4) is 0 Å². The molecule has 1 aromatic heterocycles. The number of piperazine rings is 1. The maximum atomic E-state index is 12.5. The molecule has 0 atom stereocenters. The van der Waals surface area contributed by atoms with Gasteiger partial charge in [0.2, 0.25) is 5.91 Å². The molecule has 0 aromatic carbocycles. The Bertz CT molecular complexity index is 592. The second-order valence-corrected chi connectivity index (χ2v) is 5.90. The SMILES string of the molecule is CC=c1ccn(C(=O)CN2CCN(C(C)C)CC2)c1=CC. The molecule has 0 amide bonds. The molecule has 1 saturated heterocycles. The topological polar surface area (TPSA) is 28.5 Å². The zero-order valence-corrected chi connectivity index (χ0v) is 13.7. The predicted octanol–water partition coefficient (Wildman–Crippen LogP) is 0.755. The molecule has 116 valence electrons. The Labute approximate surface area is 127 Å². The molecule has 2 rings (SSSR count). The minimum absolute atomic E-state index is 0.161. The van der Waals surface area contributed by atoms with Gasteiger partial charge in [-0.1, -0.05) is 12.2 Å². The highest BCUT2D eigenvalue weighted by Crippen LogP contribution is 2.05. The smallest absolute Gasteiger partial charge is 0.245 e. The molecule has 0 radical (unpaired) electrons. The Morgan fingerprint density at radius 1 is 1.19 bits per heavy atom. The molecule has 1 aliphatic rings. The molecule has 2 heterocycles. The lowest BCUT2D eigenvalue weighted by molar-refractivity contribution is 0.0735. The van der Waals surface area contributed by atoms with E-state index in [9.17, 15) is 4.79 Å². The van der Waals surface area contributed by atoms with Crippen molar-refractivity contribution >= 4 is 18.1 Å². The van der Waals surface area contributed by atoms with Crippen LogP contribution in [0, 0.1) is 0 Å². The number of hydrogen-bond acceptors (Lipinski definition) is 3. The van der Waals surface area contributed by atoms with Gasteiger partial charge in [0.1, 0.15) is 0 Å². The molecule has 4 heteroatoms. The third kappa shape index (κ3) is 3.63. The summed E-state index contributed by atoms with van der Waals surface area (Å²) in [7, 11) is 0. The lowest BCUT2D eigenvalue weighted by atomic mass is 10.2. The Hall–Kier alpha value is -1.39. The van der Waals surface area contributed by atoms with E-state index in [2.05, 4.69) is 23.6 Å². The number of carbonyl (C=O) groups excluding carboxylic acids is 1. The largest absolute Gasteiger partial charge is 0.298 e. The number of carbonyl (C=O) groups is 1. The molecule has 1 aliphatic heterocycles. The normalized spacial score (nSPS) is 19.7. The molecule has 4 nitrogen and oxygen atoms in total. The summed E-state index contributed by atoms with van der Waals surface area (Å²) in [5, 5.41) is 2.12. The molecule has 0 unspecified atom stereocenters. The first-order chi connectivity index (χ1) is 10.1. The van der Waals surface area contributed by atoms with Gasteiger partial charge in [-0.2, -0.15) is 0 Å². The molecule has 0 N–H and O–H groups in total. The monoisotopic (exact) mass is 289 g/mol. The van der Waals surface area contributed by atoms with E-state index in [4.69, 9.17) is 0 Å². The summed E-state index contributed by atoms with van der Waals surface area (Å²) in [6.45, 7) is 13.0. The van der Waals surface area contributed by atoms with E-state index >= 15 is 0 Å². The Balaban J connectivity index is 2.02. The van der Waals surface area contributed by atoms with Crippen molar-refractivity contribution in [3.05, 3.63) is 22.8 Å². The van der Waals surface area contributed by atoms with E-state index in [1.165, 1.54) is 0 Å². The van der Waals surface area contributed by atoms with Crippen LogP contribution in [0.4, 0.5) is 0 Å². The summed E-state index contributed by atoms with van der Waals surface area (Å²) in [5.41, 5.74) is 0. The zero-order chi connectivity index (χ0) is 15.4. The van der Waals surface area contributed by atoms with Crippen LogP contribution < -0.4 is 10.6 Å². The van der Waals surface area contributed by atoms with E-state index in [1.807, 2.05) is 38.3 Å². The van der Waals surface area contributed by atoms with E-state index in [0.717, 1.165) is 36.7 Å². The van der Waals surface area contributed by atoms with Crippen LogP contribution in [-0.4, -0.2) is 59.0 Å². The Morgan fingerprint density at radius 3 is 2.38 bits per heavy atom. The second kappa shape index (κ2) is 7.05. The summed E-state index contributed by atoms with van der Waals surface area (Å²) in [6.07, 6.45) is 5.93. The van der Waals surface area contributed by atoms with Crippen LogP contribution >= 0.6 is 0 Å². The number of nitrogens with zero attached hydrogens (tertiary/aromatic N) is 3. The predicted molar refractivity (Wildman–Crippen MR) is 87.7 cm³/mol. The van der Waals surface area contributed by atoms with Gasteiger partial charge >= 0.3 is 0 Å². The third-order valence-corrected chi connectivity index (χ3v) is 4.31. The van der Waals surface area contributed by atoms with Gasteiger partial charge in [-0.05, 0) is 39.0 Å². The fourth-order valence-corrected chi connectivity index (χ4v) is 2.93. The van der Waals surface area contributed by atoms with Crippen LogP contribution in [0.2, 0.25) is 0 Å². The van der Waals surface area contributed by atoms with Crippen molar-refractivity contribution in [2.24, 2.45) is 0 Å². The second-order valence-electron chi connectivity index (χ2n) is 5.90. The highest BCUT2D eigenvalue weighted by Gasteiger charge is 2.20. The molecule has 1 aromatic rings. The van der Waals surface area contributed by atoms with Gasteiger partial charge in [0.05, 0.1) is 11.9 Å². The van der Waals surface area contributed by atoms with Crippen molar-refractivity contribution in [1.29, 1.82) is 0 Å². The number of rotatable bonds is 3. The maximum absolute atomic E-state index is 12.5. The maximum Gasteiger partial charge on any atom is 0.245 e. The highest BCUT2D eigenvalue weighted by atomic mass is 16.2. The van der Waals surface area contributed by atoms with Gasteiger partial charge in [0.25, 0.3) is 0 Å². The van der Waals surface area contributed by atoms with Crippen LogP contribution in [0.25, 0.3) is 12.2 Å². The fraction of sp³-hybridized carbons (Fsp3) is 0.588. The van der Waals surface area contributed by atoms with Gasteiger partial charge in [0, 0.05) is 38.4 Å². The third-order valence-electron chi connectivity index (χ3n) is 4.31. The Morgan fingerprint density at radius 2 is 1.86 bits per heavy atom. The van der Waals surface area contributed by atoms with Gasteiger partial charge in [0.15, 0.2) is 0 Å². The van der Waals surface area contributed by atoms with Crippen molar-refractivity contribution in [2.45, 2.75) is 33.7 Å². The van der Waals surface area contributed by atoms with Crippen LogP contribution in [0.1, 0.15) is 32.5 Å². The summed E-state index contributed by atoms with van der Waals surface area (Å²) < 4.78 is 1.78. The van der Waals surface area contributed by atoms with Crippen molar-refractivity contribution in [1.82, 2.24) is 14.4 Å². The average molecular weight is 289 g/mol. The number of aromatic nitrogens is 1. The summed E-state index contributed by atoms with van der Waals surface area (Å²) in [6, 6.07) is 2.60. The zero-order valence-electron chi connectivity index (χ0n) is 13.7. The summed E-state index contributed by atoms with van der Waals surface area (Å²) >= 11 is 0. The van der Waals surface area contributed by atoms with Crippen LogP contribution in [-0.2, 0) is 0 Å². The van der Waals surface area contributed by atoms with E-state index in [-0.39, 0.29) is 5.91 Å². The fourth-order valence-electron chi connectivity index (χ4n) is 2.93. The van der Waals surface area contributed by atoms with Crippen molar-refractivity contribution in [3.63, 3.8) is 0 Å². The molecule has 21 heavy (non-hydrogen) atoms. The molecular weight excluding hydrogens is 262 g/mol. The molecule has 0 spiro atoms. The summed E-state index contributed by atoms with van der Waals surface area (Å²) in [4.78, 5) is 17.2. The van der Waals surface area contributed by atoms with Crippen molar-refractivity contribution in [3.8, 4) is 0 Å². The van der Waals surface area contributed by atoms with Crippen molar-refractivity contribution in [2.75, 3.05) is 32.7 Å². The molecule has 0 bridgehead atoms. The van der Waals surface area contributed by atoms with E-state index in [0.29, 0.717) is 12.6 Å². The minimum Gasteiger partial charge on any atom is -0.298 e. The molecule has 0 aliphatic carbocycles. The van der Waals surface area contributed by atoms with E-state index < -0.39 is 0 Å². The standard InChI is InChI=1S/C17H27N3O/c1-5-15-7-8-20(16(15)6-2)17(21)13-18-9-11-19(12-10-18)14(3)4/h5-8,14H,9-13H2,1-4H3. The van der Waals surface area contributed by atoms with Gasteiger partial charge in [-0.25, -0.2) is 0 Å².